The van der Waals surface area contributed by atoms with Gasteiger partial charge in [-0.2, -0.15) is 10.2 Å². The zero-order valence-electron chi connectivity index (χ0n) is 18.6. The van der Waals surface area contributed by atoms with Gasteiger partial charge in [-0.3, -0.25) is 24.3 Å². The maximum atomic E-state index is 12.8. The quantitative estimate of drug-likeness (QED) is 0.338. The van der Waals surface area contributed by atoms with E-state index in [2.05, 4.69) is 15.5 Å². The molecule has 0 aliphatic heterocycles. The van der Waals surface area contributed by atoms with Crippen LogP contribution in [0.1, 0.15) is 38.6 Å². The van der Waals surface area contributed by atoms with Gasteiger partial charge in [-0.1, -0.05) is 42.5 Å². The van der Waals surface area contributed by atoms with Gasteiger partial charge in [-0.15, -0.1) is 0 Å². The van der Waals surface area contributed by atoms with Crippen molar-refractivity contribution in [3.8, 4) is 0 Å². The van der Waals surface area contributed by atoms with Crippen LogP contribution in [-0.4, -0.2) is 30.4 Å². The van der Waals surface area contributed by atoms with Crippen molar-refractivity contribution in [2.45, 2.75) is 33.9 Å². The Bertz CT molecular complexity index is 1320. The van der Waals surface area contributed by atoms with E-state index in [4.69, 9.17) is 0 Å². The van der Waals surface area contributed by atoms with Gasteiger partial charge in [0, 0.05) is 17.3 Å². The molecule has 9 nitrogen and oxygen atoms in total. The summed E-state index contributed by atoms with van der Waals surface area (Å²) in [5.74, 6) is 0.202. The smallest absolute Gasteiger partial charge is 0.305 e. The maximum absolute atomic E-state index is 12.8. The van der Waals surface area contributed by atoms with E-state index in [9.17, 15) is 14.9 Å². The van der Waals surface area contributed by atoms with Crippen LogP contribution in [0.4, 0.5) is 11.5 Å². The summed E-state index contributed by atoms with van der Waals surface area (Å²) in [4.78, 5) is 23.7. The van der Waals surface area contributed by atoms with Crippen LogP contribution < -0.4 is 5.32 Å². The minimum absolute atomic E-state index is 0.0188. The summed E-state index contributed by atoms with van der Waals surface area (Å²) in [5, 5.41) is 22.9. The lowest BCUT2D eigenvalue weighted by molar-refractivity contribution is -0.386. The number of carbonyl (C=O) groups excluding carboxylic acids is 1. The number of amides is 1. The van der Waals surface area contributed by atoms with Gasteiger partial charge in [0.25, 0.3) is 5.91 Å². The predicted octanol–water partition coefficient (Wildman–Crippen LogP) is 4.26. The molecule has 4 aromatic rings. The van der Waals surface area contributed by atoms with Crippen LogP contribution in [-0.2, 0) is 13.1 Å². The first kappa shape index (κ1) is 21.9. The highest BCUT2D eigenvalue weighted by Crippen LogP contribution is 2.23. The Kier molecular flexibility index (Phi) is 6.03. The Labute approximate surface area is 190 Å². The van der Waals surface area contributed by atoms with Gasteiger partial charge in [0.15, 0.2) is 5.82 Å². The van der Waals surface area contributed by atoms with Crippen molar-refractivity contribution < 1.29 is 9.72 Å². The molecule has 0 saturated heterocycles. The normalized spacial score (nSPS) is 10.9. The first-order valence-electron chi connectivity index (χ1n) is 10.5. The van der Waals surface area contributed by atoms with Gasteiger partial charge < -0.3 is 5.32 Å². The second kappa shape index (κ2) is 9.07. The van der Waals surface area contributed by atoms with Crippen LogP contribution in [0.15, 0.2) is 60.7 Å². The summed E-state index contributed by atoms with van der Waals surface area (Å²) in [6.45, 7) is 6.17. The molecule has 0 saturated carbocycles. The lowest BCUT2D eigenvalue weighted by Gasteiger charge is -2.07. The summed E-state index contributed by atoms with van der Waals surface area (Å²) in [7, 11) is 0. The molecule has 0 atom stereocenters. The summed E-state index contributed by atoms with van der Waals surface area (Å²) in [5.41, 5.74) is 4.21. The number of rotatable bonds is 7. The molecule has 33 heavy (non-hydrogen) atoms. The van der Waals surface area contributed by atoms with Crippen molar-refractivity contribution >= 4 is 17.4 Å². The summed E-state index contributed by atoms with van der Waals surface area (Å²) < 4.78 is 3.43. The molecule has 2 aromatic heterocycles. The minimum Gasteiger partial charge on any atom is -0.305 e. The standard InChI is InChI=1S/C24H24N6O3/c1-16-12-22(27-28(16)14-19-8-5-4-6-9-19)25-24(31)21-11-7-10-20(13-21)15-29-18(3)23(30(32)33)17(2)26-29/h4-13H,14-15H2,1-3H3,(H,25,27,31). The maximum Gasteiger partial charge on any atom is 0.312 e. The predicted molar refractivity (Wildman–Crippen MR) is 124 cm³/mol. The third-order valence-corrected chi connectivity index (χ3v) is 5.45. The molecular weight excluding hydrogens is 420 g/mol. The van der Waals surface area contributed by atoms with Crippen molar-refractivity contribution in [2.75, 3.05) is 5.32 Å². The number of hydrogen-bond donors (Lipinski definition) is 1. The van der Waals surface area contributed by atoms with Gasteiger partial charge in [0.1, 0.15) is 11.4 Å². The topological polar surface area (TPSA) is 108 Å². The summed E-state index contributed by atoms with van der Waals surface area (Å²) >= 11 is 0. The molecule has 0 radical (unpaired) electrons. The molecule has 1 amide bonds. The van der Waals surface area contributed by atoms with Gasteiger partial charge in [0.05, 0.1) is 18.0 Å². The van der Waals surface area contributed by atoms with Crippen molar-refractivity contribution in [1.82, 2.24) is 19.6 Å². The van der Waals surface area contributed by atoms with E-state index in [1.165, 1.54) is 0 Å². The van der Waals surface area contributed by atoms with Crippen molar-refractivity contribution in [1.29, 1.82) is 0 Å². The zero-order valence-corrected chi connectivity index (χ0v) is 18.6. The number of nitro groups is 1. The Morgan fingerprint density at radius 1 is 0.939 bits per heavy atom. The molecule has 0 fully saturated rings. The lowest BCUT2D eigenvalue weighted by atomic mass is 10.1. The van der Waals surface area contributed by atoms with Gasteiger partial charge in [-0.05, 0) is 44.0 Å². The second-order valence-electron chi connectivity index (χ2n) is 7.90. The highest BCUT2D eigenvalue weighted by molar-refractivity contribution is 6.03. The van der Waals surface area contributed by atoms with E-state index in [1.54, 1.807) is 36.7 Å². The van der Waals surface area contributed by atoms with E-state index in [0.717, 1.165) is 16.8 Å². The largest absolute Gasteiger partial charge is 0.312 e. The molecule has 1 N–H and O–H groups in total. The van der Waals surface area contributed by atoms with Crippen LogP contribution >= 0.6 is 0 Å². The minimum atomic E-state index is -0.420. The number of nitrogens with one attached hydrogen (secondary N) is 1. The van der Waals surface area contributed by atoms with Crippen LogP contribution in [0, 0.1) is 30.9 Å². The molecule has 4 rings (SSSR count). The van der Waals surface area contributed by atoms with Gasteiger partial charge >= 0.3 is 5.69 Å². The number of carbonyl (C=O) groups is 1. The van der Waals surface area contributed by atoms with Crippen molar-refractivity contribution in [3.05, 3.63) is 105 Å². The SMILES string of the molecule is Cc1nn(Cc2cccc(C(=O)Nc3cc(C)n(Cc4ccccc4)n3)c2)c(C)c1[N+](=O)[O-]. The monoisotopic (exact) mass is 444 g/mol. The first-order chi connectivity index (χ1) is 15.8. The van der Waals surface area contributed by atoms with Gasteiger partial charge in [0.2, 0.25) is 0 Å². The molecule has 2 aromatic carbocycles. The molecule has 0 aliphatic carbocycles. The summed E-state index contributed by atoms with van der Waals surface area (Å²) in [6, 6.07) is 18.9. The third kappa shape index (κ3) is 4.82. The number of nitrogens with zero attached hydrogens (tertiary/aromatic N) is 5. The number of aryl methyl sites for hydroxylation is 2. The van der Waals surface area contributed by atoms with Crippen LogP contribution in [0.5, 0.6) is 0 Å². The van der Waals surface area contributed by atoms with E-state index in [-0.39, 0.29) is 11.6 Å². The molecule has 9 heteroatoms. The third-order valence-electron chi connectivity index (χ3n) is 5.45. The molecule has 2 heterocycles. The lowest BCUT2D eigenvalue weighted by Crippen LogP contribution is -2.14. The fourth-order valence-corrected chi connectivity index (χ4v) is 3.77. The van der Waals surface area contributed by atoms with Crippen LogP contribution in [0.2, 0.25) is 0 Å². The highest BCUT2D eigenvalue weighted by atomic mass is 16.6. The van der Waals surface area contributed by atoms with E-state index in [0.29, 0.717) is 35.9 Å². The Hall–Kier alpha value is -4.27. The Morgan fingerprint density at radius 2 is 1.64 bits per heavy atom. The number of aromatic nitrogens is 4. The Morgan fingerprint density at radius 3 is 2.33 bits per heavy atom. The molecule has 168 valence electrons. The highest BCUT2D eigenvalue weighted by Gasteiger charge is 2.22. The molecule has 0 bridgehead atoms. The fourth-order valence-electron chi connectivity index (χ4n) is 3.77. The molecule has 0 unspecified atom stereocenters. The molecular formula is C24H24N6O3. The Balaban J connectivity index is 1.48. The van der Waals surface area contributed by atoms with Crippen LogP contribution in [0.3, 0.4) is 0 Å². The summed E-state index contributed by atoms with van der Waals surface area (Å²) in [6.07, 6.45) is 0. The molecule has 0 aliphatic rings. The second-order valence-corrected chi connectivity index (χ2v) is 7.90. The zero-order chi connectivity index (χ0) is 23.5. The van der Waals surface area contributed by atoms with E-state index >= 15 is 0 Å². The fraction of sp³-hybridized carbons (Fsp3) is 0.208. The van der Waals surface area contributed by atoms with E-state index in [1.807, 2.05) is 54.1 Å². The number of anilines is 1. The average molecular weight is 444 g/mol. The van der Waals surface area contributed by atoms with Crippen LogP contribution in [0.25, 0.3) is 0 Å². The van der Waals surface area contributed by atoms with E-state index < -0.39 is 4.92 Å². The number of hydrogen-bond acceptors (Lipinski definition) is 5. The average Bonchev–Trinajstić information content (AvgIpc) is 3.26. The molecule has 0 spiro atoms. The van der Waals surface area contributed by atoms with Gasteiger partial charge in [-0.25, -0.2) is 0 Å². The van der Waals surface area contributed by atoms with Crippen molar-refractivity contribution in [3.63, 3.8) is 0 Å². The first-order valence-corrected chi connectivity index (χ1v) is 10.5. The van der Waals surface area contributed by atoms with Crippen molar-refractivity contribution in [2.24, 2.45) is 0 Å². The number of benzene rings is 2.